The second-order valence-electron chi connectivity index (χ2n) is 5.33. The Kier molecular flexibility index (Phi) is 5.37. The lowest BCUT2D eigenvalue weighted by atomic mass is 10.1. The topological polar surface area (TPSA) is 24.9 Å². The summed E-state index contributed by atoms with van der Waals surface area (Å²) in [5.74, 6) is 0. The molecule has 0 saturated carbocycles. The Morgan fingerprint density at radius 3 is 2.32 bits per heavy atom. The number of aryl methyl sites for hydroxylation is 3. The van der Waals surface area contributed by atoms with Crippen molar-refractivity contribution in [1.82, 2.24) is 4.98 Å². The number of nitrogens with zero attached hydrogens (tertiary/aromatic N) is 1. The lowest BCUT2D eigenvalue weighted by Crippen LogP contribution is -1.91. The van der Waals surface area contributed by atoms with Crippen LogP contribution >= 0.6 is 28.3 Å². The van der Waals surface area contributed by atoms with Gasteiger partial charge in [0.1, 0.15) is 0 Å². The highest BCUT2D eigenvalue weighted by Crippen LogP contribution is 2.27. The van der Waals surface area contributed by atoms with Crippen molar-refractivity contribution in [2.24, 2.45) is 0 Å². The molecule has 2 nitrogen and oxygen atoms in total. The van der Waals surface area contributed by atoms with Crippen molar-refractivity contribution in [3.05, 3.63) is 64.5 Å². The van der Waals surface area contributed by atoms with Crippen LogP contribution in [0, 0.1) is 20.8 Å². The normalized spacial score (nSPS) is 10.1. The molecule has 0 atom stereocenters. The smallest absolute Gasteiger partial charge is 0.187 e. The van der Waals surface area contributed by atoms with Crippen LogP contribution in [0.1, 0.15) is 16.7 Å². The predicted octanol–water partition coefficient (Wildman–Crippen LogP) is 6.06. The monoisotopic (exact) mass is 374 g/mol. The molecule has 0 radical (unpaired) electrons. The average Bonchev–Trinajstić information content (AvgIpc) is 2.92. The van der Waals surface area contributed by atoms with Gasteiger partial charge in [-0.3, -0.25) is 0 Å². The van der Waals surface area contributed by atoms with Crippen LogP contribution in [-0.4, -0.2) is 4.98 Å². The van der Waals surface area contributed by atoms with Crippen molar-refractivity contribution in [3.63, 3.8) is 0 Å². The van der Waals surface area contributed by atoms with Gasteiger partial charge in [0.25, 0.3) is 0 Å². The van der Waals surface area contributed by atoms with E-state index in [1.54, 1.807) is 11.3 Å². The Morgan fingerprint density at radius 2 is 1.64 bits per heavy atom. The largest absolute Gasteiger partial charge is 0.332 e. The molecule has 0 fully saturated rings. The van der Waals surface area contributed by atoms with E-state index in [0.29, 0.717) is 0 Å². The lowest BCUT2D eigenvalue weighted by Gasteiger charge is -2.05. The summed E-state index contributed by atoms with van der Waals surface area (Å²) in [7, 11) is 0. The summed E-state index contributed by atoms with van der Waals surface area (Å²) in [4.78, 5) is 4.66. The number of nitrogens with one attached hydrogen (secondary N) is 1. The summed E-state index contributed by atoms with van der Waals surface area (Å²) in [6, 6.07) is 14.8. The van der Waals surface area contributed by atoms with Crippen molar-refractivity contribution in [2.75, 3.05) is 5.32 Å². The molecule has 2 aromatic carbocycles. The van der Waals surface area contributed by atoms with Crippen molar-refractivity contribution in [2.45, 2.75) is 20.8 Å². The first-order valence-electron chi connectivity index (χ1n) is 6.99. The lowest BCUT2D eigenvalue weighted by molar-refractivity contribution is 1.32. The molecule has 3 aromatic rings. The van der Waals surface area contributed by atoms with Crippen molar-refractivity contribution in [1.29, 1.82) is 0 Å². The van der Waals surface area contributed by atoms with E-state index in [9.17, 15) is 0 Å². The van der Waals surface area contributed by atoms with Crippen LogP contribution in [0.4, 0.5) is 10.8 Å². The van der Waals surface area contributed by atoms with Gasteiger partial charge >= 0.3 is 0 Å². The minimum Gasteiger partial charge on any atom is -0.332 e. The standard InChI is InChI=1S/C18H18N2S.BrH/c1-12-4-7-15(8-5-12)17-11-21-18(20-17)19-16-9-6-13(2)14(3)10-16;/h4-11H,1-3H3,(H,19,20);1H. The summed E-state index contributed by atoms with van der Waals surface area (Å²) in [6.45, 7) is 6.34. The van der Waals surface area contributed by atoms with Crippen LogP contribution in [0.2, 0.25) is 0 Å². The molecule has 0 bridgehead atoms. The number of rotatable bonds is 3. The van der Waals surface area contributed by atoms with Gasteiger partial charge in [-0.05, 0) is 44.0 Å². The second kappa shape index (κ2) is 7.07. The molecule has 0 spiro atoms. The fraction of sp³-hybridized carbons (Fsp3) is 0.167. The first-order chi connectivity index (χ1) is 10.1. The first kappa shape index (κ1) is 16.7. The van der Waals surface area contributed by atoms with Crippen LogP contribution in [-0.2, 0) is 0 Å². The second-order valence-corrected chi connectivity index (χ2v) is 6.19. The van der Waals surface area contributed by atoms with Gasteiger partial charge in [-0.25, -0.2) is 4.98 Å². The van der Waals surface area contributed by atoms with Crippen LogP contribution in [0.25, 0.3) is 11.3 Å². The minimum atomic E-state index is 0. The average molecular weight is 375 g/mol. The third-order valence-electron chi connectivity index (χ3n) is 3.61. The number of halogens is 1. The molecule has 1 heterocycles. The summed E-state index contributed by atoms with van der Waals surface area (Å²) < 4.78 is 0. The molecule has 1 aromatic heterocycles. The van der Waals surface area contributed by atoms with Crippen molar-refractivity contribution in [3.8, 4) is 11.3 Å². The van der Waals surface area contributed by atoms with E-state index in [0.717, 1.165) is 22.1 Å². The summed E-state index contributed by atoms with van der Waals surface area (Å²) in [5.41, 5.74) is 7.12. The SMILES string of the molecule is Br.Cc1ccc(-c2csc(Nc3ccc(C)c(C)c3)n2)cc1. The van der Waals surface area contributed by atoms with Gasteiger partial charge in [-0.1, -0.05) is 35.9 Å². The van der Waals surface area contributed by atoms with Crippen molar-refractivity contribution >= 4 is 39.1 Å². The molecule has 0 unspecified atom stereocenters. The van der Waals surface area contributed by atoms with Gasteiger partial charge in [0.15, 0.2) is 5.13 Å². The number of anilines is 2. The number of thiazole rings is 1. The predicted molar refractivity (Wildman–Crippen MR) is 102 cm³/mol. The summed E-state index contributed by atoms with van der Waals surface area (Å²) in [6.07, 6.45) is 0. The molecule has 1 N–H and O–H groups in total. The molecule has 4 heteroatoms. The Labute approximate surface area is 146 Å². The first-order valence-corrected chi connectivity index (χ1v) is 7.86. The molecular formula is C18H19BrN2S. The van der Waals surface area contributed by atoms with Gasteiger partial charge in [-0.15, -0.1) is 28.3 Å². The Morgan fingerprint density at radius 1 is 0.909 bits per heavy atom. The molecule has 0 amide bonds. The van der Waals surface area contributed by atoms with Crippen LogP contribution in [0.3, 0.4) is 0 Å². The number of hydrogen-bond acceptors (Lipinski definition) is 3. The summed E-state index contributed by atoms with van der Waals surface area (Å²) in [5, 5.41) is 6.40. The number of benzene rings is 2. The molecule has 3 rings (SSSR count). The zero-order valence-corrected chi connectivity index (χ0v) is 15.4. The molecule has 0 aliphatic carbocycles. The van der Waals surface area contributed by atoms with Gasteiger partial charge in [-0.2, -0.15) is 0 Å². The molecule has 0 aliphatic rings. The molecular weight excluding hydrogens is 356 g/mol. The fourth-order valence-electron chi connectivity index (χ4n) is 2.13. The maximum absolute atomic E-state index is 4.66. The van der Waals surface area contributed by atoms with Gasteiger partial charge in [0.2, 0.25) is 0 Å². The maximum atomic E-state index is 4.66. The van der Waals surface area contributed by atoms with Crippen molar-refractivity contribution < 1.29 is 0 Å². The van der Waals surface area contributed by atoms with E-state index >= 15 is 0 Å². The highest BCUT2D eigenvalue weighted by atomic mass is 79.9. The van der Waals surface area contributed by atoms with Gasteiger partial charge < -0.3 is 5.32 Å². The van der Waals surface area contributed by atoms with E-state index in [-0.39, 0.29) is 17.0 Å². The third-order valence-corrected chi connectivity index (χ3v) is 4.37. The number of hydrogen-bond donors (Lipinski definition) is 1. The highest BCUT2D eigenvalue weighted by molar-refractivity contribution is 8.93. The van der Waals surface area contributed by atoms with Crippen LogP contribution in [0.5, 0.6) is 0 Å². The Balaban J connectivity index is 0.00000176. The number of aromatic nitrogens is 1. The maximum Gasteiger partial charge on any atom is 0.187 e. The zero-order valence-electron chi connectivity index (χ0n) is 12.9. The minimum absolute atomic E-state index is 0. The van der Waals surface area contributed by atoms with Crippen LogP contribution < -0.4 is 5.32 Å². The highest BCUT2D eigenvalue weighted by Gasteiger charge is 2.05. The third kappa shape index (κ3) is 3.76. The van der Waals surface area contributed by atoms with E-state index in [2.05, 4.69) is 78.9 Å². The Bertz CT molecular complexity index is 763. The van der Waals surface area contributed by atoms with Crippen LogP contribution in [0.15, 0.2) is 47.8 Å². The van der Waals surface area contributed by atoms with E-state index in [1.165, 1.54) is 16.7 Å². The zero-order chi connectivity index (χ0) is 14.8. The summed E-state index contributed by atoms with van der Waals surface area (Å²) >= 11 is 1.63. The van der Waals surface area contributed by atoms with Gasteiger partial charge in [0.05, 0.1) is 5.69 Å². The molecule has 22 heavy (non-hydrogen) atoms. The van der Waals surface area contributed by atoms with E-state index in [4.69, 9.17) is 0 Å². The molecule has 114 valence electrons. The van der Waals surface area contributed by atoms with E-state index in [1.807, 2.05) is 0 Å². The molecule has 0 saturated heterocycles. The van der Waals surface area contributed by atoms with Gasteiger partial charge in [0, 0.05) is 16.6 Å². The quantitative estimate of drug-likeness (QED) is 0.602. The van der Waals surface area contributed by atoms with E-state index < -0.39 is 0 Å². The molecule has 0 aliphatic heterocycles. The fourth-order valence-corrected chi connectivity index (χ4v) is 2.87. The Hall–Kier alpha value is -1.65.